The van der Waals surface area contributed by atoms with Gasteiger partial charge in [-0.05, 0) is 12.1 Å². The van der Waals surface area contributed by atoms with E-state index in [1.165, 1.54) is 0 Å². The lowest BCUT2D eigenvalue weighted by atomic mass is 10.3. The fourth-order valence-electron chi connectivity index (χ4n) is 1.14. The molecule has 0 amide bonds. The number of aromatic nitrogens is 3. The van der Waals surface area contributed by atoms with Gasteiger partial charge in [0, 0.05) is 6.20 Å². The molecule has 5 heteroatoms. The van der Waals surface area contributed by atoms with Crippen LogP contribution in [0.15, 0.2) is 18.3 Å². The predicted molar refractivity (Wildman–Crippen MR) is 47.3 cm³/mol. The van der Waals surface area contributed by atoms with Crippen LogP contribution in [-0.2, 0) is 5.88 Å². The Morgan fingerprint density at radius 2 is 2.38 bits per heavy atom. The Kier molecular flexibility index (Phi) is 1.87. The van der Waals surface area contributed by atoms with Crippen molar-refractivity contribution in [3.8, 4) is 6.07 Å². The van der Waals surface area contributed by atoms with Crippen molar-refractivity contribution in [2.45, 2.75) is 5.88 Å². The van der Waals surface area contributed by atoms with Gasteiger partial charge >= 0.3 is 0 Å². The zero-order valence-electron chi connectivity index (χ0n) is 6.61. The maximum absolute atomic E-state index is 8.75. The van der Waals surface area contributed by atoms with E-state index < -0.39 is 0 Å². The molecule has 2 rings (SSSR count). The van der Waals surface area contributed by atoms with E-state index in [2.05, 4.69) is 10.2 Å². The van der Waals surface area contributed by atoms with Crippen molar-refractivity contribution >= 4 is 17.2 Å². The van der Waals surface area contributed by atoms with Crippen LogP contribution in [0.2, 0.25) is 0 Å². The van der Waals surface area contributed by atoms with E-state index in [1.54, 1.807) is 22.7 Å². The molecule has 0 N–H and O–H groups in total. The maximum atomic E-state index is 8.75. The van der Waals surface area contributed by atoms with Gasteiger partial charge in [-0.2, -0.15) is 5.26 Å². The van der Waals surface area contributed by atoms with Gasteiger partial charge < -0.3 is 0 Å². The minimum Gasteiger partial charge on any atom is -0.284 e. The molecular weight excluding hydrogens is 188 g/mol. The average Bonchev–Trinajstić information content (AvgIpc) is 2.60. The Labute approximate surface area is 79.4 Å². The summed E-state index contributed by atoms with van der Waals surface area (Å²) < 4.78 is 1.71. The summed E-state index contributed by atoms with van der Waals surface area (Å²) in [5.41, 5.74) is 1.06. The van der Waals surface area contributed by atoms with Crippen molar-refractivity contribution in [3.05, 3.63) is 29.7 Å². The Bertz CT molecular complexity index is 482. The molecule has 0 fully saturated rings. The van der Waals surface area contributed by atoms with Crippen molar-refractivity contribution in [2.75, 3.05) is 0 Å². The van der Waals surface area contributed by atoms with Gasteiger partial charge in [-0.1, -0.05) is 0 Å². The number of hydrogen-bond acceptors (Lipinski definition) is 3. The van der Waals surface area contributed by atoms with Crippen LogP contribution in [0.5, 0.6) is 0 Å². The third kappa shape index (κ3) is 1.14. The SMILES string of the molecule is N#Cc1cccn2c(CCl)nnc12. The molecule has 0 aliphatic carbocycles. The van der Waals surface area contributed by atoms with Gasteiger partial charge in [-0.15, -0.1) is 21.8 Å². The van der Waals surface area contributed by atoms with Crippen LogP contribution in [0.1, 0.15) is 11.4 Å². The number of pyridine rings is 1. The first kappa shape index (κ1) is 8.02. The molecule has 0 aromatic carbocycles. The molecule has 0 radical (unpaired) electrons. The number of halogens is 1. The minimum absolute atomic E-state index is 0.288. The number of hydrogen-bond donors (Lipinski definition) is 0. The summed E-state index contributed by atoms with van der Waals surface area (Å²) in [6.45, 7) is 0. The Morgan fingerprint density at radius 1 is 1.54 bits per heavy atom. The molecule has 0 spiro atoms. The van der Waals surface area contributed by atoms with Gasteiger partial charge in [-0.3, -0.25) is 4.40 Å². The van der Waals surface area contributed by atoms with E-state index in [4.69, 9.17) is 16.9 Å². The largest absolute Gasteiger partial charge is 0.284 e. The summed E-state index contributed by atoms with van der Waals surface area (Å²) in [6.07, 6.45) is 1.79. The van der Waals surface area contributed by atoms with Crippen LogP contribution >= 0.6 is 11.6 Å². The van der Waals surface area contributed by atoms with E-state index in [0.717, 1.165) is 0 Å². The molecule has 64 valence electrons. The number of rotatable bonds is 1. The van der Waals surface area contributed by atoms with Crippen molar-refractivity contribution in [3.63, 3.8) is 0 Å². The number of nitriles is 1. The van der Waals surface area contributed by atoms with Crippen LogP contribution in [0, 0.1) is 11.3 Å². The molecule has 13 heavy (non-hydrogen) atoms. The molecule has 2 heterocycles. The first-order chi connectivity index (χ1) is 6.36. The monoisotopic (exact) mass is 192 g/mol. The summed E-state index contributed by atoms with van der Waals surface area (Å²) in [5.74, 6) is 0.935. The molecule has 0 bridgehead atoms. The quantitative estimate of drug-likeness (QED) is 0.641. The highest BCUT2D eigenvalue weighted by Gasteiger charge is 2.06. The van der Waals surface area contributed by atoms with Gasteiger partial charge in [0.05, 0.1) is 11.4 Å². The van der Waals surface area contributed by atoms with E-state index in [9.17, 15) is 0 Å². The van der Waals surface area contributed by atoms with Gasteiger partial charge in [0.2, 0.25) is 0 Å². The van der Waals surface area contributed by atoms with E-state index in [1.807, 2.05) is 6.07 Å². The van der Waals surface area contributed by atoms with E-state index in [-0.39, 0.29) is 5.88 Å². The number of nitrogens with zero attached hydrogens (tertiary/aromatic N) is 4. The molecule has 2 aromatic rings. The smallest absolute Gasteiger partial charge is 0.178 e. The van der Waals surface area contributed by atoms with Crippen LogP contribution < -0.4 is 0 Å². The first-order valence-corrected chi connectivity index (χ1v) is 4.19. The highest BCUT2D eigenvalue weighted by atomic mass is 35.5. The normalized spacial score (nSPS) is 10.2. The molecule has 0 aliphatic rings. The zero-order chi connectivity index (χ0) is 9.26. The van der Waals surface area contributed by atoms with Gasteiger partial charge in [0.15, 0.2) is 11.5 Å². The average molecular weight is 193 g/mol. The van der Waals surface area contributed by atoms with Crippen LogP contribution in [0.4, 0.5) is 0 Å². The van der Waals surface area contributed by atoms with Gasteiger partial charge in [0.25, 0.3) is 0 Å². The maximum Gasteiger partial charge on any atom is 0.178 e. The van der Waals surface area contributed by atoms with Crippen LogP contribution in [0.25, 0.3) is 5.65 Å². The van der Waals surface area contributed by atoms with Gasteiger partial charge in [0.1, 0.15) is 6.07 Å². The molecule has 0 atom stereocenters. The summed E-state index contributed by atoms with van der Waals surface area (Å²) in [4.78, 5) is 0. The van der Waals surface area contributed by atoms with Crippen LogP contribution in [-0.4, -0.2) is 14.6 Å². The summed E-state index contributed by atoms with van der Waals surface area (Å²) in [6, 6.07) is 5.51. The van der Waals surface area contributed by atoms with Crippen LogP contribution in [0.3, 0.4) is 0 Å². The minimum atomic E-state index is 0.288. The third-order valence-corrected chi connectivity index (χ3v) is 1.98. The topological polar surface area (TPSA) is 54.0 Å². The molecule has 4 nitrogen and oxygen atoms in total. The van der Waals surface area contributed by atoms with Crippen molar-refractivity contribution in [2.24, 2.45) is 0 Å². The van der Waals surface area contributed by atoms with Crippen molar-refractivity contribution in [1.82, 2.24) is 14.6 Å². The standard InChI is InChI=1S/C8H5ClN4/c9-4-7-11-12-8-6(5-10)2-1-3-13(7)8/h1-3H,4H2. The second-order valence-electron chi connectivity index (χ2n) is 2.48. The molecule has 0 unspecified atom stereocenters. The van der Waals surface area contributed by atoms with Crippen molar-refractivity contribution < 1.29 is 0 Å². The lowest BCUT2D eigenvalue weighted by Gasteiger charge is -1.94. The Hall–Kier alpha value is -1.60. The fraction of sp³-hybridized carbons (Fsp3) is 0.125. The second kappa shape index (κ2) is 3.04. The third-order valence-electron chi connectivity index (χ3n) is 1.75. The fourth-order valence-corrected chi connectivity index (χ4v) is 1.32. The molecule has 0 aliphatic heterocycles. The Balaban J connectivity index is 2.81. The highest BCUT2D eigenvalue weighted by Crippen LogP contribution is 2.09. The highest BCUT2D eigenvalue weighted by molar-refractivity contribution is 6.16. The lowest BCUT2D eigenvalue weighted by Crippen LogP contribution is -1.91. The first-order valence-electron chi connectivity index (χ1n) is 3.65. The van der Waals surface area contributed by atoms with E-state index in [0.29, 0.717) is 17.0 Å². The molecule has 0 saturated heterocycles. The summed E-state index contributed by atoms with van der Waals surface area (Å²) in [7, 11) is 0. The second-order valence-corrected chi connectivity index (χ2v) is 2.74. The zero-order valence-corrected chi connectivity index (χ0v) is 7.36. The molecule has 2 aromatic heterocycles. The molecule has 0 saturated carbocycles. The summed E-state index contributed by atoms with van der Waals surface area (Å²) >= 11 is 5.64. The number of fused-ring (bicyclic) bond motifs is 1. The Morgan fingerprint density at radius 3 is 3.08 bits per heavy atom. The molecular formula is C8H5ClN4. The van der Waals surface area contributed by atoms with E-state index >= 15 is 0 Å². The van der Waals surface area contributed by atoms with Gasteiger partial charge in [-0.25, -0.2) is 0 Å². The summed E-state index contributed by atoms with van der Waals surface area (Å²) in [5, 5.41) is 16.5. The lowest BCUT2D eigenvalue weighted by molar-refractivity contribution is 0.986. The van der Waals surface area contributed by atoms with Crippen molar-refractivity contribution in [1.29, 1.82) is 5.26 Å². The predicted octanol–water partition coefficient (Wildman–Crippen LogP) is 1.34. The number of alkyl halides is 1.